The molecule has 0 bridgehead atoms. The number of unbranched alkanes of at least 4 members (excludes halogenated alkanes) is 1. The topological polar surface area (TPSA) is 81.8 Å². The average molecular weight is 375 g/mol. The number of hydrogen-bond donors (Lipinski definition) is 1. The number of ether oxygens (including phenoxy) is 1. The van der Waals surface area contributed by atoms with Crippen molar-refractivity contribution in [3.8, 4) is 0 Å². The number of H-pyrrole nitrogens is 1. The standard InChI is InChI=1S/C19H29N5O3/c1-2-3-7-24-8-4-15-17(21-14-20-15)19(24)5-9-22(10-6-19)16(25)13-23-11-12-27-18(23)26/h14H,2-13H2,1H3,(H,20,21). The Labute approximate surface area is 159 Å². The zero-order chi connectivity index (χ0) is 18.9. The van der Waals surface area contributed by atoms with Crippen molar-refractivity contribution in [3.63, 3.8) is 0 Å². The number of carbonyl (C=O) groups excluding carboxylic acids is 2. The highest BCUT2D eigenvalue weighted by Gasteiger charge is 2.47. The predicted octanol–water partition coefficient (Wildman–Crippen LogP) is 1.34. The van der Waals surface area contributed by atoms with Crippen molar-refractivity contribution in [3.05, 3.63) is 17.7 Å². The summed E-state index contributed by atoms with van der Waals surface area (Å²) in [7, 11) is 0. The second-order valence-corrected chi connectivity index (χ2v) is 7.77. The molecule has 148 valence electrons. The van der Waals surface area contributed by atoms with Crippen molar-refractivity contribution >= 4 is 12.0 Å². The van der Waals surface area contributed by atoms with Gasteiger partial charge in [0.25, 0.3) is 0 Å². The number of fused-ring (bicyclic) bond motifs is 2. The third-order valence-electron chi connectivity index (χ3n) is 6.29. The van der Waals surface area contributed by atoms with Gasteiger partial charge in [0.15, 0.2) is 0 Å². The minimum atomic E-state index is -0.379. The molecule has 0 unspecified atom stereocenters. The quantitative estimate of drug-likeness (QED) is 0.840. The summed E-state index contributed by atoms with van der Waals surface area (Å²) in [6, 6.07) is 0. The number of aromatic amines is 1. The molecule has 1 aromatic heterocycles. The van der Waals surface area contributed by atoms with Crippen molar-refractivity contribution in [2.24, 2.45) is 0 Å². The lowest BCUT2D eigenvalue weighted by molar-refractivity contribution is -0.135. The molecular weight excluding hydrogens is 346 g/mol. The summed E-state index contributed by atoms with van der Waals surface area (Å²) in [4.78, 5) is 38.3. The Hall–Kier alpha value is -2.09. The van der Waals surface area contributed by atoms with Crippen LogP contribution >= 0.6 is 0 Å². The minimum Gasteiger partial charge on any atom is -0.448 e. The van der Waals surface area contributed by atoms with Gasteiger partial charge in [0.05, 0.1) is 24.1 Å². The summed E-state index contributed by atoms with van der Waals surface area (Å²) >= 11 is 0. The molecule has 4 heterocycles. The van der Waals surface area contributed by atoms with Gasteiger partial charge < -0.3 is 14.6 Å². The lowest BCUT2D eigenvalue weighted by Gasteiger charge is -2.50. The Morgan fingerprint density at radius 3 is 2.81 bits per heavy atom. The Bertz CT molecular complexity index is 695. The molecule has 2 fully saturated rings. The second-order valence-electron chi connectivity index (χ2n) is 7.77. The molecule has 4 rings (SSSR count). The first-order valence-corrected chi connectivity index (χ1v) is 10.1. The van der Waals surface area contributed by atoms with Crippen molar-refractivity contribution in [2.45, 2.75) is 44.6 Å². The lowest BCUT2D eigenvalue weighted by atomic mass is 9.78. The van der Waals surface area contributed by atoms with Gasteiger partial charge in [0, 0.05) is 31.7 Å². The maximum absolute atomic E-state index is 12.7. The molecule has 2 saturated heterocycles. The third kappa shape index (κ3) is 3.31. The van der Waals surface area contributed by atoms with Crippen LogP contribution in [0.3, 0.4) is 0 Å². The van der Waals surface area contributed by atoms with Crippen LogP contribution in [0.2, 0.25) is 0 Å². The van der Waals surface area contributed by atoms with Gasteiger partial charge in [-0.15, -0.1) is 0 Å². The summed E-state index contributed by atoms with van der Waals surface area (Å²) in [5.74, 6) is 0.0156. The summed E-state index contributed by atoms with van der Waals surface area (Å²) in [6.07, 6.45) is 6.59. The highest BCUT2D eigenvalue weighted by Crippen LogP contribution is 2.42. The van der Waals surface area contributed by atoms with E-state index in [2.05, 4.69) is 21.8 Å². The molecule has 8 nitrogen and oxygen atoms in total. The molecule has 1 spiro atoms. The number of hydrogen-bond acceptors (Lipinski definition) is 5. The van der Waals surface area contributed by atoms with Gasteiger partial charge in [0.2, 0.25) is 5.91 Å². The number of amides is 2. The second kappa shape index (κ2) is 7.50. The smallest absolute Gasteiger partial charge is 0.410 e. The van der Waals surface area contributed by atoms with Gasteiger partial charge in [-0.05, 0) is 25.8 Å². The molecular formula is C19H29N5O3. The largest absolute Gasteiger partial charge is 0.448 e. The van der Waals surface area contributed by atoms with E-state index < -0.39 is 0 Å². The van der Waals surface area contributed by atoms with E-state index in [1.165, 1.54) is 29.1 Å². The highest BCUT2D eigenvalue weighted by molar-refractivity contribution is 5.83. The molecule has 0 saturated carbocycles. The normalized spacial score (nSPS) is 22.2. The molecule has 27 heavy (non-hydrogen) atoms. The van der Waals surface area contributed by atoms with Crippen LogP contribution in [0.25, 0.3) is 0 Å². The fourth-order valence-electron chi connectivity index (χ4n) is 4.71. The summed E-state index contributed by atoms with van der Waals surface area (Å²) < 4.78 is 4.92. The van der Waals surface area contributed by atoms with Crippen molar-refractivity contribution in [1.29, 1.82) is 0 Å². The monoisotopic (exact) mass is 375 g/mol. The number of nitrogens with zero attached hydrogens (tertiary/aromatic N) is 4. The molecule has 2 amide bonds. The maximum atomic E-state index is 12.7. The number of piperidine rings is 1. The van der Waals surface area contributed by atoms with Crippen molar-refractivity contribution in [1.82, 2.24) is 24.7 Å². The molecule has 0 aliphatic carbocycles. The number of nitrogens with one attached hydrogen (secondary N) is 1. The molecule has 0 radical (unpaired) electrons. The molecule has 0 atom stereocenters. The first-order chi connectivity index (χ1) is 13.1. The van der Waals surface area contributed by atoms with Crippen molar-refractivity contribution < 1.29 is 14.3 Å². The number of carbonyl (C=O) groups is 2. The van der Waals surface area contributed by atoms with Gasteiger partial charge in [-0.25, -0.2) is 9.78 Å². The van der Waals surface area contributed by atoms with E-state index in [4.69, 9.17) is 4.74 Å². The van der Waals surface area contributed by atoms with E-state index in [0.717, 1.165) is 32.4 Å². The van der Waals surface area contributed by atoms with E-state index in [1.807, 2.05) is 11.2 Å². The molecule has 1 N–H and O–H groups in total. The zero-order valence-corrected chi connectivity index (χ0v) is 16.1. The molecule has 1 aromatic rings. The molecule has 3 aliphatic heterocycles. The van der Waals surface area contributed by atoms with Crippen LogP contribution in [0.5, 0.6) is 0 Å². The van der Waals surface area contributed by atoms with Gasteiger partial charge in [0.1, 0.15) is 13.2 Å². The summed E-state index contributed by atoms with van der Waals surface area (Å²) in [5, 5.41) is 0. The number of imidazole rings is 1. The molecule has 8 heteroatoms. The van der Waals surface area contributed by atoms with E-state index in [0.29, 0.717) is 26.2 Å². The van der Waals surface area contributed by atoms with E-state index >= 15 is 0 Å². The fraction of sp³-hybridized carbons (Fsp3) is 0.737. The predicted molar refractivity (Wildman–Crippen MR) is 99.2 cm³/mol. The van der Waals surface area contributed by atoms with E-state index in [1.54, 1.807) is 0 Å². The number of cyclic esters (lactones) is 1. The van der Waals surface area contributed by atoms with E-state index in [9.17, 15) is 9.59 Å². The first kappa shape index (κ1) is 18.3. The third-order valence-corrected chi connectivity index (χ3v) is 6.29. The Morgan fingerprint density at radius 1 is 1.30 bits per heavy atom. The van der Waals surface area contributed by atoms with Crippen LogP contribution < -0.4 is 0 Å². The van der Waals surface area contributed by atoms with Gasteiger partial charge >= 0.3 is 6.09 Å². The minimum absolute atomic E-state index is 0.0156. The van der Waals surface area contributed by atoms with Gasteiger partial charge in [-0.3, -0.25) is 14.6 Å². The first-order valence-electron chi connectivity index (χ1n) is 10.1. The SMILES string of the molecule is CCCCN1CCc2[nH]cnc2C12CCN(C(=O)CN1CCOC1=O)CC2. The number of likely N-dealkylation sites (tertiary alicyclic amines) is 1. The van der Waals surface area contributed by atoms with Gasteiger partial charge in [-0.1, -0.05) is 13.3 Å². The van der Waals surface area contributed by atoms with E-state index in [-0.39, 0.29) is 24.1 Å². The number of aromatic nitrogens is 2. The van der Waals surface area contributed by atoms with Crippen LogP contribution in [-0.2, 0) is 21.5 Å². The summed E-state index contributed by atoms with van der Waals surface area (Å²) in [6.45, 7) is 6.76. The van der Waals surface area contributed by atoms with Crippen LogP contribution in [0, 0.1) is 0 Å². The lowest BCUT2D eigenvalue weighted by Crippen LogP contribution is -2.58. The zero-order valence-electron chi connectivity index (χ0n) is 16.1. The van der Waals surface area contributed by atoms with Crippen LogP contribution in [0.4, 0.5) is 4.79 Å². The molecule has 3 aliphatic rings. The molecule has 0 aromatic carbocycles. The number of rotatable bonds is 5. The maximum Gasteiger partial charge on any atom is 0.410 e. The Balaban J connectivity index is 1.45. The van der Waals surface area contributed by atoms with Crippen molar-refractivity contribution in [2.75, 3.05) is 45.9 Å². The highest BCUT2D eigenvalue weighted by atomic mass is 16.6. The van der Waals surface area contributed by atoms with Crippen LogP contribution in [0.1, 0.15) is 44.0 Å². The Morgan fingerprint density at radius 2 is 2.11 bits per heavy atom. The fourth-order valence-corrected chi connectivity index (χ4v) is 4.71. The van der Waals surface area contributed by atoms with Crippen LogP contribution in [-0.4, -0.2) is 82.5 Å². The Kier molecular flexibility index (Phi) is 5.08. The average Bonchev–Trinajstić information content (AvgIpc) is 3.32. The van der Waals surface area contributed by atoms with Crippen LogP contribution in [0.15, 0.2) is 6.33 Å². The van der Waals surface area contributed by atoms with Gasteiger partial charge in [-0.2, -0.15) is 0 Å². The summed E-state index contributed by atoms with van der Waals surface area (Å²) in [5.41, 5.74) is 2.37.